The van der Waals surface area contributed by atoms with Crippen molar-refractivity contribution in [3.05, 3.63) is 66.9 Å². The average molecular weight is 499 g/mol. The van der Waals surface area contributed by atoms with Gasteiger partial charge >= 0.3 is 0 Å². The summed E-state index contributed by atoms with van der Waals surface area (Å²) in [6.07, 6.45) is 4.08. The Morgan fingerprint density at radius 2 is 1.86 bits per heavy atom. The van der Waals surface area contributed by atoms with E-state index >= 15 is 0 Å². The Morgan fingerprint density at radius 3 is 2.62 bits per heavy atom. The first-order valence-corrected chi connectivity index (χ1v) is 12.7. The summed E-state index contributed by atoms with van der Waals surface area (Å²) in [6, 6.07) is 19.5. The summed E-state index contributed by atoms with van der Waals surface area (Å²) in [5, 5.41) is 9.01. The summed E-state index contributed by atoms with van der Waals surface area (Å²) < 4.78 is 13.5. The number of nitrogens with zero attached hydrogens (tertiary/aromatic N) is 4. The number of likely N-dealkylation sites (tertiary alicyclic amines) is 1. The molecule has 37 heavy (non-hydrogen) atoms. The van der Waals surface area contributed by atoms with Gasteiger partial charge in [-0.1, -0.05) is 18.2 Å². The van der Waals surface area contributed by atoms with Gasteiger partial charge in [0.15, 0.2) is 0 Å². The Bertz CT molecular complexity index is 1380. The molecule has 1 atom stereocenters. The number of para-hydroxylation sites is 1. The number of carbonyl (C=O) groups is 1. The molecular weight excluding hydrogens is 468 g/mol. The number of hydrogen-bond donors (Lipinski definition) is 2. The molecule has 3 N–H and O–H groups in total. The van der Waals surface area contributed by atoms with E-state index in [1.807, 2.05) is 70.2 Å². The van der Waals surface area contributed by atoms with Crippen molar-refractivity contribution in [2.75, 3.05) is 38.5 Å². The largest absolute Gasteiger partial charge is 0.457 e. The fourth-order valence-corrected chi connectivity index (χ4v) is 4.97. The van der Waals surface area contributed by atoms with Crippen molar-refractivity contribution in [2.45, 2.75) is 25.0 Å². The number of carbonyl (C=O) groups excluding carboxylic acids is 1. The lowest BCUT2D eigenvalue weighted by atomic mass is 10.1. The van der Waals surface area contributed by atoms with E-state index in [1.165, 1.54) is 0 Å². The molecule has 4 aromatic rings. The molecule has 9 heteroatoms. The molecule has 190 valence electrons. The third-order valence-corrected chi connectivity index (χ3v) is 6.99. The van der Waals surface area contributed by atoms with E-state index in [2.05, 4.69) is 10.3 Å². The number of benzene rings is 2. The van der Waals surface area contributed by atoms with Crippen LogP contribution >= 0.6 is 0 Å². The number of pyridine rings is 1. The number of aromatic nitrogens is 3. The quantitative estimate of drug-likeness (QED) is 0.382. The highest BCUT2D eigenvalue weighted by Gasteiger charge is 2.34. The predicted molar refractivity (Wildman–Crippen MR) is 141 cm³/mol. The summed E-state index contributed by atoms with van der Waals surface area (Å²) in [5.74, 6) is 2.06. The average Bonchev–Trinajstić information content (AvgIpc) is 3.54. The number of nitrogens with two attached hydrogens (primary N) is 1. The van der Waals surface area contributed by atoms with Gasteiger partial charge in [0.25, 0.3) is 0 Å². The van der Waals surface area contributed by atoms with Gasteiger partial charge in [-0.15, -0.1) is 0 Å². The van der Waals surface area contributed by atoms with Crippen LogP contribution in [0.3, 0.4) is 0 Å². The summed E-state index contributed by atoms with van der Waals surface area (Å²) in [4.78, 5) is 18.8. The Morgan fingerprint density at radius 1 is 1.08 bits per heavy atom. The molecule has 9 nitrogen and oxygen atoms in total. The number of ether oxygens (including phenoxy) is 2. The highest BCUT2D eigenvalue weighted by Crippen LogP contribution is 2.35. The van der Waals surface area contributed by atoms with Gasteiger partial charge in [-0.05, 0) is 55.3 Å². The summed E-state index contributed by atoms with van der Waals surface area (Å²) in [5.41, 5.74) is 8.93. The third-order valence-electron chi connectivity index (χ3n) is 6.99. The SMILES string of the molecule is Nc1nccc2c1c(-c1ccc(Oc3ccccc3)cc1)nn2C1CN(C(=O)CNCC2CCCO2)C1. The molecule has 6 rings (SSSR count). The number of fused-ring (bicyclic) bond motifs is 1. The minimum absolute atomic E-state index is 0.0841. The van der Waals surface area contributed by atoms with Crippen molar-refractivity contribution in [2.24, 2.45) is 0 Å². The second kappa shape index (κ2) is 10.2. The van der Waals surface area contributed by atoms with Crippen LogP contribution in [0.25, 0.3) is 22.2 Å². The Balaban J connectivity index is 1.16. The normalized spacial score (nSPS) is 17.7. The van der Waals surface area contributed by atoms with Gasteiger partial charge in [-0.2, -0.15) is 5.10 Å². The molecule has 0 aliphatic carbocycles. The van der Waals surface area contributed by atoms with Crippen LogP contribution in [-0.4, -0.2) is 64.5 Å². The Kier molecular flexibility index (Phi) is 6.46. The minimum atomic E-state index is 0.0841. The van der Waals surface area contributed by atoms with E-state index in [-0.39, 0.29) is 18.1 Å². The predicted octanol–water partition coefficient (Wildman–Crippen LogP) is 3.62. The fraction of sp³-hybridized carbons (Fsp3) is 0.321. The molecule has 0 radical (unpaired) electrons. The Hall–Kier alpha value is -3.95. The first-order chi connectivity index (χ1) is 18.2. The van der Waals surface area contributed by atoms with E-state index in [9.17, 15) is 4.79 Å². The zero-order chi connectivity index (χ0) is 25.2. The fourth-order valence-electron chi connectivity index (χ4n) is 4.97. The number of rotatable bonds is 8. The van der Waals surface area contributed by atoms with Gasteiger partial charge in [0.1, 0.15) is 23.0 Å². The van der Waals surface area contributed by atoms with Crippen molar-refractivity contribution < 1.29 is 14.3 Å². The number of nitrogens with one attached hydrogen (secondary N) is 1. The van der Waals surface area contributed by atoms with Gasteiger partial charge in [0, 0.05) is 38.0 Å². The van der Waals surface area contributed by atoms with Crippen molar-refractivity contribution in [1.29, 1.82) is 0 Å². The van der Waals surface area contributed by atoms with Crippen LogP contribution in [0.15, 0.2) is 66.9 Å². The molecule has 2 fully saturated rings. The van der Waals surface area contributed by atoms with Crippen LogP contribution in [0.5, 0.6) is 11.5 Å². The van der Waals surface area contributed by atoms with Crippen molar-refractivity contribution in [3.63, 3.8) is 0 Å². The molecule has 4 heterocycles. The topological polar surface area (TPSA) is 108 Å². The number of nitrogen functional groups attached to an aromatic ring is 1. The lowest BCUT2D eigenvalue weighted by Gasteiger charge is -2.39. The zero-order valence-corrected chi connectivity index (χ0v) is 20.5. The first-order valence-electron chi connectivity index (χ1n) is 12.7. The minimum Gasteiger partial charge on any atom is -0.457 e. The smallest absolute Gasteiger partial charge is 0.236 e. The molecule has 2 aliphatic rings. The third kappa shape index (κ3) is 4.87. The molecule has 1 amide bonds. The molecule has 0 bridgehead atoms. The molecule has 0 saturated carbocycles. The molecule has 2 saturated heterocycles. The van der Waals surface area contributed by atoms with E-state index in [0.29, 0.717) is 25.5 Å². The van der Waals surface area contributed by atoms with E-state index in [0.717, 1.165) is 59.7 Å². The van der Waals surface area contributed by atoms with Crippen molar-refractivity contribution in [3.8, 4) is 22.8 Å². The lowest BCUT2D eigenvalue weighted by Crippen LogP contribution is -2.53. The highest BCUT2D eigenvalue weighted by atomic mass is 16.5. The molecule has 1 unspecified atom stereocenters. The van der Waals surface area contributed by atoms with Gasteiger partial charge in [0.2, 0.25) is 5.91 Å². The molecule has 2 aromatic carbocycles. The maximum atomic E-state index is 12.6. The second-order valence-corrected chi connectivity index (χ2v) is 9.54. The van der Waals surface area contributed by atoms with Gasteiger partial charge in [-0.25, -0.2) is 4.98 Å². The van der Waals surface area contributed by atoms with E-state index < -0.39 is 0 Å². The van der Waals surface area contributed by atoms with Gasteiger partial charge in [0.05, 0.1) is 29.6 Å². The summed E-state index contributed by atoms with van der Waals surface area (Å²) in [7, 11) is 0. The Labute approximate surface area is 215 Å². The monoisotopic (exact) mass is 498 g/mol. The first kappa shape index (κ1) is 23.4. The number of anilines is 1. The molecule has 2 aliphatic heterocycles. The van der Waals surface area contributed by atoms with Crippen LogP contribution < -0.4 is 15.8 Å². The van der Waals surface area contributed by atoms with Crippen LogP contribution in [0.1, 0.15) is 18.9 Å². The summed E-state index contributed by atoms with van der Waals surface area (Å²) >= 11 is 0. The maximum Gasteiger partial charge on any atom is 0.236 e. The standard InChI is InChI=1S/C28H30N6O3/c29-28-26-24(12-13-31-28)34(20-17-33(18-20)25(35)16-30-15-23-7-4-14-36-23)32-27(26)19-8-10-22(11-9-19)37-21-5-2-1-3-6-21/h1-3,5-6,8-13,20,23,30H,4,7,14-18H2,(H2,29,31). The maximum absolute atomic E-state index is 12.6. The van der Waals surface area contributed by atoms with Crippen LogP contribution in [0.2, 0.25) is 0 Å². The van der Waals surface area contributed by atoms with Crippen LogP contribution in [-0.2, 0) is 9.53 Å². The molecule has 2 aromatic heterocycles. The number of hydrogen-bond acceptors (Lipinski definition) is 7. The van der Waals surface area contributed by atoms with Gasteiger partial charge < -0.3 is 25.4 Å². The van der Waals surface area contributed by atoms with Gasteiger partial charge in [-0.3, -0.25) is 9.48 Å². The van der Waals surface area contributed by atoms with E-state index in [1.54, 1.807) is 6.20 Å². The number of amides is 1. The lowest BCUT2D eigenvalue weighted by molar-refractivity contribution is -0.136. The summed E-state index contributed by atoms with van der Waals surface area (Å²) in [6.45, 7) is 3.09. The highest BCUT2D eigenvalue weighted by molar-refractivity contribution is 6.00. The van der Waals surface area contributed by atoms with Crippen molar-refractivity contribution >= 4 is 22.6 Å². The zero-order valence-electron chi connectivity index (χ0n) is 20.5. The van der Waals surface area contributed by atoms with Crippen molar-refractivity contribution in [1.82, 2.24) is 25.0 Å². The van der Waals surface area contributed by atoms with Crippen LogP contribution in [0.4, 0.5) is 5.82 Å². The second-order valence-electron chi connectivity index (χ2n) is 9.54. The molecular formula is C28H30N6O3. The van der Waals surface area contributed by atoms with E-state index in [4.69, 9.17) is 20.3 Å². The molecule has 0 spiro atoms. The van der Waals surface area contributed by atoms with Crippen LogP contribution in [0, 0.1) is 0 Å².